The molecule has 1 heterocycles. The van der Waals surface area contributed by atoms with Gasteiger partial charge in [-0.2, -0.15) is 0 Å². The molecule has 2 aliphatic rings. The Labute approximate surface area is 177 Å². The number of nitrogens with two attached hydrogens (primary N) is 1. The summed E-state index contributed by atoms with van der Waals surface area (Å²) in [6, 6.07) is 14.8. The zero-order valence-corrected chi connectivity index (χ0v) is 17.6. The van der Waals surface area contributed by atoms with Gasteiger partial charge in [0.1, 0.15) is 11.9 Å². The van der Waals surface area contributed by atoms with Crippen LogP contribution in [0.15, 0.2) is 53.5 Å². The number of hydrogen-bond donors (Lipinski definition) is 2. The number of nitrogens with one attached hydrogen (secondary N) is 1. The van der Waals surface area contributed by atoms with E-state index in [4.69, 9.17) is 10.5 Å². The number of hydrogen-bond acceptors (Lipinski definition) is 3. The number of H-pyrrole nitrogens is 1. The Kier molecular flexibility index (Phi) is 5.11. The maximum absolute atomic E-state index is 12.5. The van der Waals surface area contributed by atoms with Crippen LogP contribution in [-0.4, -0.2) is 17.1 Å². The highest BCUT2D eigenvalue weighted by Gasteiger charge is 2.38. The van der Waals surface area contributed by atoms with Crippen LogP contribution in [0.25, 0.3) is 10.8 Å². The molecule has 4 nitrogen and oxygen atoms in total. The lowest BCUT2D eigenvalue weighted by Crippen LogP contribution is -2.45. The fourth-order valence-electron chi connectivity index (χ4n) is 5.46. The third kappa shape index (κ3) is 3.65. The Bertz CT molecular complexity index is 1110. The summed E-state index contributed by atoms with van der Waals surface area (Å²) in [5, 5.41) is 1.73. The predicted molar refractivity (Wildman–Crippen MR) is 121 cm³/mol. The lowest BCUT2D eigenvalue weighted by Gasteiger charge is -2.43. The largest absolute Gasteiger partial charge is 0.490 e. The minimum absolute atomic E-state index is 0.0433. The van der Waals surface area contributed by atoms with E-state index in [1.54, 1.807) is 0 Å². The Morgan fingerprint density at radius 2 is 1.83 bits per heavy atom. The molecule has 2 fully saturated rings. The fraction of sp³-hybridized carbons (Fsp3) is 0.423. The first-order chi connectivity index (χ1) is 14.6. The van der Waals surface area contributed by atoms with Gasteiger partial charge in [0.15, 0.2) is 0 Å². The van der Waals surface area contributed by atoms with E-state index >= 15 is 0 Å². The molecule has 2 aromatic carbocycles. The average molecular weight is 403 g/mol. The van der Waals surface area contributed by atoms with E-state index in [1.807, 2.05) is 37.4 Å². The average Bonchev–Trinajstić information content (AvgIpc) is 2.76. The molecule has 0 spiro atoms. The van der Waals surface area contributed by atoms with E-state index < -0.39 is 0 Å². The van der Waals surface area contributed by atoms with Crippen molar-refractivity contribution in [2.75, 3.05) is 0 Å². The minimum Gasteiger partial charge on any atom is -0.490 e. The standard InChI is InChI=1S/C26H30N2O2/c1-16-11-22-21(20(15-28-26(22)29)12-17-5-3-2-4-6-17)14-25(16)30-24-10-8-18-13-19(24)7-9-23(18)27/h2-6,11,14-15,18-19,23-24H,7-10,12-13,27H2,1H3,(H,28,29)/t18?,19-,23?,24?/m1/s1. The molecule has 2 aliphatic carbocycles. The summed E-state index contributed by atoms with van der Waals surface area (Å²) in [7, 11) is 0. The first kappa shape index (κ1) is 19.4. The molecule has 30 heavy (non-hydrogen) atoms. The molecule has 0 aliphatic heterocycles. The Hall–Kier alpha value is -2.59. The maximum Gasteiger partial charge on any atom is 0.255 e. The van der Waals surface area contributed by atoms with Crippen molar-refractivity contribution in [2.45, 2.75) is 57.6 Å². The number of aromatic nitrogens is 1. The van der Waals surface area contributed by atoms with E-state index in [0.29, 0.717) is 17.9 Å². The molecule has 2 saturated carbocycles. The van der Waals surface area contributed by atoms with Crippen LogP contribution in [0.4, 0.5) is 0 Å². The molecule has 0 amide bonds. The topological polar surface area (TPSA) is 68.1 Å². The summed E-state index contributed by atoms with van der Waals surface area (Å²) < 4.78 is 6.61. The third-order valence-electron chi connectivity index (χ3n) is 7.23. The lowest BCUT2D eigenvalue weighted by molar-refractivity contribution is 0.0316. The van der Waals surface area contributed by atoms with Gasteiger partial charge < -0.3 is 15.5 Å². The number of aromatic amines is 1. The van der Waals surface area contributed by atoms with E-state index in [0.717, 1.165) is 59.8 Å². The molecule has 4 atom stereocenters. The molecule has 3 unspecified atom stereocenters. The zero-order chi connectivity index (χ0) is 20.7. The number of fused-ring (bicyclic) bond motifs is 3. The van der Waals surface area contributed by atoms with Crippen LogP contribution >= 0.6 is 0 Å². The van der Waals surface area contributed by atoms with Crippen LogP contribution in [-0.2, 0) is 6.42 Å². The van der Waals surface area contributed by atoms with Crippen LogP contribution in [0.5, 0.6) is 5.75 Å². The number of rotatable bonds is 4. The van der Waals surface area contributed by atoms with Gasteiger partial charge in [0.2, 0.25) is 0 Å². The van der Waals surface area contributed by atoms with Gasteiger partial charge in [0, 0.05) is 17.6 Å². The summed E-state index contributed by atoms with van der Waals surface area (Å²) in [5.74, 6) is 2.18. The molecule has 0 saturated heterocycles. The highest BCUT2D eigenvalue weighted by molar-refractivity contribution is 5.87. The van der Waals surface area contributed by atoms with E-state index in [2.05, 4.69) is 23.2 Å². The number of ether oxygens (including phenoxy) is 1. The maximum atomic E-state index is 12.5. The van der Waals surface area contributed by atoms with Crippen molar-refractivity contribution in [3.8, 4) is 5.75 Å². The van der Waals surface area contributed by atoms with E-state index in [9.17, 15) is 4.79 Å². The Morgan fingerprint density at radius 1 is 1.03 bits per heavy atom. The summed E-state index contributed by atoms with van der Waals surface area (Å²) >= 11 is 0. The molecule has 5 rings (SSSR count). The number of benzene rings is 2. The molecule has 0 radical (unpaired) electrons. The Morgan fingerprint density at radius 3 is 2.67 bits per heavy atom. The molecular weight excluding hydrogens is 372 g/mol. The van der Waals surface area contributed by atoms with Crippen molar-refractivity contribution < 1.29 is 4.74 Å². The predicted octanol–water partition coefficient (Wildman–Crippen LogP) is 4.71. The highest BCUT2D eigenvalue weighted by Crippen LogP contribution is 2.41. The monoisotopic (exact) mass is 402 g/mol. The smallest absolute Gasteiger partial charge is 0.255 e. The zero-order valence-electron chi connectivity index (χ0n) is 17.6. The van der Waals surface area contributed by atoms with Gasteiger partial charge in [-0.3, -0.25) is 4.79 Å². The van der Waals surface area contributed by atoms with Crippen molar-refractivity contribution in [1.82, 2.24) is 4.98 Å². The number of pyridine rings is 1. The minimum atomic E-state index is -0.0433. The van der Waals surface area contributed by atoms with Crippen molar-refractivity contribution >= 4 is 10.8 Å². The third-order valence-corrected chi connectivity index (χ3v) is 7.23. The number of aryl methyl sites for hydroxylation is 1. The van der Waals surface area contributed by atoms with Gasteiger partial charge in [-0.25, -0.2) is 0 Å². The molecule has 156 valence electrons. The summed E-state index contributed by atoms with van der Waals surface area (Å²) in [5.41, 5.74) is 9.62. The van der Waals surface area contributed by atoms with E-state index in [1.165, 1.54) is 12.0 Å². The van der Waals surface area contributed by atoms with Crippen LogP contribution in [0.1, 0.15) is 48.8 Å². The van der Waals surface area contributed by atoms with Crippen LogP contribution in [0.3, 0.4) is 0 Å². The molecular formula is C26H30N2O2. The fourth-order valence-corrected chi connectivity index (χ4v) is 5.46. The van der Waals surface area contributed by atoms with Crippen LogP contribution in [0, 0.1) is 18.8 Å². The van der Waals surface area contributed by atoms with Crippen LogP contribution in [0.2, 0.25) is 0 Å². The second-order valence-corrected chi connectivity index (χ2v) is 9.20. The van der Waals surface area contributed by atoms with E-state index in [-0.39, 0.29) is 11.7 Å². The van der Waals surface area contributed by atoms with Gasteiger partial charge in [-0.1, -0.05) is 30.3 Å². The molecule has 4 heteroatoms. The van der Waals surface area contributed by atoms with Gasteiger partial charge in [-0.05, 0) is 91.5 Å². The quantitative estimate of drug-likeness (QED) is 0.664. The van der Waals surface area contributed by atoms with Crippen LogP contribution < -0.4 is 16.0 Å². The SMILES string of the molecule is Cc1cc2c(=O)[nH]cc(Cc3ccccc3)c2cc1OC1CCC2C[C@H]1CCC2N. The summed E-state index contributed by atoms with van der Waals surface area (Å²) in [6.45, 7) is 2.04. The molecule has 2 bridgehead atoms. The second-order valence-electron chi connectivity index (χ2n) is 9.20. The first-order valence-electron chi connectivity index (χ1n) is 11.2. The molecule has 3 N–H and O–H groups in total. The lowest BCUT2D eigenvalue weighted by atomic mass is 9.68. The van der Waals surface area contributed by atoms with Crippen molar-refractivity contribution in [3.05, 3.63) is 75.7 Å². The van der Waals surface area contributed by atoms with Gasteiger partial charge in [-0.15, -0.1) is 0 Å². The van der Waals surface area contributed by atoms with Gasteiger partial charge >= 0.3 is 0 Å². The van der Waals surface area contributed by atoms with Crippen molar-refractivity contribution in [3.63, 3.8) is 0 Å². The first-order valence-corrected chi connectivity index (χ1v) is 11.2. The highest BCUT2D eigenvalue weighted by atomic mass is 16.5. The molecule has 1 aromatic heterocycles. The second kappa shape index (κ2) is 7.92. The summed E-state index contributed by atoms with van der Waals surface area (Å²) in [4.78, 5) is 15.4. The van der Waals surface area contributed by atoms with Crippen molar-refractivity contribution in [1.29, 1.82) is 0 Å². The Balaban J connectivity index is 1.48. The van der Waals surface area contributed by atoms with Crippen molar-refractivity contribution in [2.24, 2.45) is 17.6 Å². The summed E-state index contributed by atoms with van der Waals surface area (Å²) in [6.07, 6.45) is 8.59. The molecule has 3 aromatic rings. The normalized spacial score (nSPS) is 25.9. The van der Waals surface area contributed by atoms with Gasteiger partial charge in [0.25, 0.3) is 5.56 Å². The van der Waals surface area contributed by atoms with Gasteiger partial charge in [0.05, 0.1) is 0 Å².